The van der Waals surface area contributed by atoms with Crippen LogP contribution in [-0.4, -0.2) is 20.3 Å². The summed E-state index contributed by atoms with van der Waals surface area (Å²) in [4.78, 5) is 0. The lowest BCUT2D eigenvalue weighted by molar-refractivity contribution is -0.140. The van der Waals surface area contributed by atoms with Gasteiger partial charge in [0.15, 0.2) is 6.29 Å². The molecule has 0 atom stereocenters. The van der Waals surface area contributed by atoms with Crippen LogP contribution in [-0.2, 0) is 9.47 Å². The van der Waals surface area contributed by atoms with E-state index < -0.39 is 0 Å². The fraction of sp³-hybridized carbons (Fsp3) is 0.538. The van der Waals surface area contributed by atoms with Gasteiger partial charge < -0.3 is 14.2 Å². The van der Waals surface area contributed by atoms with Crippen LogP contribution in [0.3, 0.4) is 0 Å². The van der Waals surface area contributed by atoms with Crippen molar-refractivity contribution in [2.75, 3.05) is 20.3 Å². The zero-order valence-corrected chi connectivity index (χ0v) is 10.4. The van der Waals surface area contributed by atoms with Crippen LogP contribution in [0.5, 0.6) is 5.75 Å². The Morgan fingerprint density at radius 3 is 2.19 bits per heavy atom. The van der Waals surface area contributed by atoms with Crippen LogP contribution >= 0.6 is 0 Å². The molecule has 0 aliphatic heterocycles. The van der Waals surface area contributed by atoms with Gasteiger partial charge in [-0.15, -0.1) is 0 Å². The highest BCUT2D eigenvalue weighted by Crippen LogP contribution is 2.25. The minimum atomic E-state index is -0.277. The maximum Gasteiger partial charge on any atom is 0.184 e. The van der Waals surface area contributed by atoms with Gasteiger partial charge in [-0.1, -0.05) is 6.07 Å². The van der Waals surface area contributed by atoms with Gasteiger partial charge in [0.2, 0.25) is 0 Å². The molecule has 0 aliphatic carbocycles. The molecule has 0 fully saturated rings. The topological polar surface area (TPSA) is 27.7 Å². The number of methoxy groups -OCH3 is 1. The highest BCUT2D eigenvalue weighted by atomic mass is 16.7. The molecular formula is C13H20O3. The van der Waals surface area contributed by atoms with E-state index in [0.29, 0.717) is 13.2 Å². The molecule has 16 heavy (non-hydrogen) atoms. The number of hydrogen-bond acceptors (Lipinski definition) is 3. The molecule has 0 aromatic heterocycles. The van der Waals surface area contributed by atoms with E-state index >= 15 is 0 Å². The van der Waals surface area contributed by atoms with Crippen LogP contribution in [0.2, 0.25) is 0 Å². The summed E-state index contributed by atoms with van der Waals surface area (Å²) in [5, 5.41) is 0. The number of aryl methyl sites for hydroxylation is 1. The summed E-state index contributed by atoms with van der Waals surface area (Å²) in [5.74, 6) is 0.855. The molecule has 0 heterocycles. The van der Waals surface area contributed by atoms with Crippen LogP contribution in [0.1, 0.15) is 31.3 Å². The Morgan fingerprint density at radius 1 is 1.12 bits per heavy atom. The summed E-state index contributed by atoms with van der Waals surface area (Å²) in [5.41, 5.74) is 2.18. The fourth-order valence-corrected chi connectivity index (χ4v) is 1.57. The SMILES string of the molecule is CCOC(OCC)c1ccc(OC)cc1C. The smallest absolute Gasteiger partial charge is 0.184 e. The first-order valence-corrected chi connectivity index (χ1v) is 5.60. The van der Waals surface area contributed by atoms with Gasteiger partial charge in [0.05, 0.1) is 7.11 Å². The van der Waals surface area contributed by atoms with Gasteiger partial charge in [-0.25, -0.2) is 0 Å². The van der Waals surface area contributed by atoms with E-state index in [4.69, 9.17) is 14.2 Å². The summed E-state index contributed by atoms with van der Waals surface area (Å²) in [6.45, 7) is 7.23. The van der Waals surface area contributed by atoms with Gasteiger partial charge in [-0.05, 0) is 38.5 Å². The van der Waals surface area contributed by atoms with E-state index in [1.54, 1.807) is 7.11 Å². The van der Waals surface area contributed by atoms with Crippen molar-refractivity contribution in [1.29, 1.82) is 0 Å². The Kier molecular flexibility index (Phi) is 5.29. The molecule has 0 saturated carbocycles. The van der Waals surface area contributed by atoms with Gasteiger partial charge in [0, 0.05) is 18.8 Å². The van der Waals surface area contributed by atoms with Crippen molar-refractivity contribution >= 4 is 0 Å². The van der Waals surface area contributed by atoms with Crippen molar-refractivity contribution in [3.05, 3.63) is 29.3 Å². The van der Waals surface area contributed by atoms with Crippen LogP contribution < -0.4 is 4.74 Å². The third-order valence-electron chi connectivity index (χ3n) is 2.37. The van der Waals surface area contributed by atoms with E-state index in [1.807, 2.05) is 39.0 Å². The second kappa shape index (κ2) is 6.51. The maximum absolute atomic E-state index is 5.56. The average Bonchev–Trinajstić information content (AvgIpc) is 2.29. The van der Waals surface area contributed by atoms with E-state index in [2.05, 4.69) is 0 Å². The molecular weight excluding hydrogens is 204 g/mol. The first-order chi connectivity index (χ1) is 7.72. The molecule has 0 N–H and O–H groups in total. The molecule has 0 unspecified atom stereocenters. The predicted molar refractivity (Wildman–Crippen MR) is 63.7 cm³/mol. The van der Waals surface area contributed by atoms with Crippen LogP contribution in [0.15, 0.2) is 18.2 Å². The minimum Gasteiger partial charge on any atom is -0.497 e. The molecule has 3 heteroatoms. The molecule has 0 radical (unpaired) electrons. The predicted octanol–water partition coefficient (Wildman–Crippen LogP) is 3.08. The summed E-state index contributed by atoms with van der Waals surface area (Å²) in [6.07, 6.45) is -0.277. The van der Waals surface area contributed by atoms with Gasteiger partial charge in [-0.3, -0.25) is 0 Å². The van der Waals surface area contributed by atoms with Crippen molar-refractivity contribution in [1.82, 2.24) is 0 Å². The molecule has 1 aromatic carbocycles. The number of rotatable bonds is 6. The first-order valence-electron chi connectivity index (χ1n) is 5.60. The molecule has 1 rings (SSSR count). The average molecular weight is 224 g/mol. The normalized spacial score (nSPS) is 10.8. The van der Waals surface area contributed by atoms with Gasteiger partial charge >= 0.3 is 0 Å². The lowest BCUT2D eigenvalue weighted by Gasteiger charge is -2.19. The Balaban J connectivity index is 2.90. The van der Waals surface area contributed by atoms with E-state index in [0.717, 1.165) is 16.9 Å². The molecule has 0 saturated heterocycles. The quantitative estimate of drug-likeness (QED) is 0.695. The lowest BCUT2D eigenvalue weighted by atomic mass is 10.1. The van der Waals surface area contributed by atoms with Crippen molar-refractivity contribution in [2.24, 2.45) is 0 Å². The molecule has 3 nitrogen and oxygen atoms in total. The van der Waals surface area contributed by atoms with Gasteiger partial charge in [0.1, 0.15) is 5.75 Å². The standard InChI is InChI=1S/C13H20O3/c1-5-15-13(16-6-2)12-8-7-11(14-4)9-10(12)3/h7-9,13H,5-6H2,1-4H3. The summed E-state index contributed by atoms with van der Waals surface area (Å²) >= 11 is 0. The van der Waals surface area contributed by atoms with Gasteiger partial charge in [0.25, 0.3) is 0 Å². The van der Waals surface area contributed by atoms with Crippen LogP contribution in [0, 0.1) is 6.92 Å². The second-order valence-corrected chi connectivity index (χ2v) is 3.47. The second-order valence-electron chi connectivity index (χ2n) is 3.47. The highest BCUT2D eigenvalue weighted by Gasteiger charge is 2.14. The molecule has 0 amide bonds. The third-order valence-corrected chi connectivity index (χ3v) is 2.37. The Bertz CT molecular complexity index is 317. The van der Waals surface area contributed by atoms with Crippen molar-refractivity contribution in [3.8, 4) is 5.75 Å². The zero-order valence-electron chi connectivity index (χ0n) is 10.4. The van der Waals surface area contributed by atoms with Crippen molar-refractivity contribution in [2.45, 2.75) is 27.1 Å². The molecule has 1 aromatic rings. The third kappa shape index (κ3) is 3.22. The number of benzene rings is 1. The van der Waals surface area contributed by atoms with E-state index in [1.165, 1.54) is 0 Å². The summed E-state index contributed by atoms with van der Waals surface area (Å²) in [7, 11) is 1.66. The number of hydrogen-bond donors (Lipinski definition) is 0. The summed E-state index contributed by atoms with van der Waals surface area (Å²) in [6, 6.07) is 5.90. The molecule has 90 valence electrons. The molecule has 0 spiro atoms. The minimum absolute atomic E-state index is 0.277. The Hall–Kier alpha value is -1.06. The van der Waals surface area contributed by atoms with Crippen LogP contribution in [0.25, 0.3) is 0 Å². The largest absolute Gasteiger partial charge is 0.497 e. The van der Waals surface area contributed by atoms with Crippen molar-refractivity contribution < 1.29 is 14.2 Å². The monoisotopic (exact) mass is 224 g/mol. The van der Waals surface area contributed by atoms with Gasteiger partial charge in [-0.2, -0.15) is 0 Å². The van der Waals surface area contributed by atoms with Crippen LogP contribution in [0.4, 0.5) is 0 Å². The Labute approximate surface area is 97.3 Å². The fourth-order valence-electron chi connectivity index (χ4n) is 1.57. The highest BCUT2D eigenvalue weighted by molar-refractivity contribution is 5.35. The number of ether oxygens (including phenoxy) is 3. The Morgan fingerprint density at radius 2 is 1.75 bits per heavy atom. The zero-order chi connectivity index (χ0) is 12.0. The first kappa shape index (κ1) is 13.0. The lowest BCUT2D eigenvalue weighted by Crippen LogP contribution is -2.10. The maximum atomic E-state index is 5.56. The molecule has 0 bridgehead atoms. The van der Waals surface area contributed by atoms with E-state index in [-0.39, 0.29) is 6.29 Å². The van der Waals surface area contributed by atoms with Crippen molar-refractivity contribution in [3.63, 3.8) is 0 Å². The molecule has 0 aliphatic rings. The summed E-state index contributed by atoms with van der Waals surface area (Å²) < 4.78 is 16.3. The van der Waals surface area contributed by atoms with E-state index in [9.17, 15) is 0 Å².